The molecule has 0 aromatic heterocycles. The summed E-state index contributed by atoms with van der Waals surface area (Å²) in [5, 5.41) is 9.14. The van der Waals surface area contributed by atoms with E-state index in [4.69, 9.17) is 15.6 Å². The Morgan fingerprint density at radius 3 is 2.40 bits per heavy atom. The first-order chi connectivity index (χ1) is 9.45. The molecule has 0 saturated carbocycles. The zero-order chi connectivity index (χ0) is 14.7. The maximum absolute atomic E-state index is 11.2. The minimum Gasteiger partial charge on any atom is -0.488 e. The van der Waals surface area contributed by atoms with E-state index in [1.165, 1.54) is 6.07 Å². The lowest BCUT2D eigenvalue weighted by Crippen LogP contribution is -2.04. The van der Waals surface area contributed by atoms with Gasteiger partial charge < -0.3 is 15.6 Å². The molecule has 2 rings (SSSR count). The standard InChI is InChI=1S/C16H17NO3/c1-10-5-11(2)7-12(6-10)9-20-15-4-3-13(17)8-14(15)16(18)19/h3-8H,9,17H2,1-2H3,(H,18,19). The van der Waals surface area contributed by atoms with E-state index in [-0.39, 0.29) is 5.56 Å². The molecule has 0 atom stereocenters. The van der Waals surface area contributed by atoms with Crippen molar-refractivity contribution in [3.63, 3.8) is 0 Å². The highest BCUT2D eigenvalue weighted by atomic mass is 16.5. The lowest BCUT2D eigenvalue weighted by molar-refractivity contribution is 0.0692. The summed E-state index contributed by atoms with van der Waals surface area (Å²) in [5.74, 6) is -0.724. The van der Waals surface area contributed by atoms with Crippen molar-refractivity contribution in [2.75, 3.05) is 5.73 Å². The highest BCUT2D eigenvalue weighted by Gasteiger charge is 2.12. The molecule has 0 aliphatic rings. The summed E-state index contributed by atoms with van der Waals surface area (Å²) in [7, 11) is 0. The second kappa shape index (κ2) is 5.65. The molecule has 0 saturated heterocycles. The fourth-order valence-corrected chi connectivity index (χ4v) is 2.15. The van der Waals surface area contributed by atoms with E-state index in [1.807, 2.05) is 26.0 Å². The Labute approximate surface area is 117 Å². The molecule has 4 nitrogen and oxygen atoms in total. The van der Waals surface area contributed by atoms with Gasteiger partial charge in [0.25, 0.3) is 0 Å². The van der Waals surface area contributed by atoms with Gasteiger partial charge in [-0.1, -0.05) is 29.3 Å². The molecule has 0 aliphatic heterocycles. The van der Waals surface area contributed by atoms with Crippen LogP contribution in [0, 0.1) is 13.8 Å². The molecule has 3 N–H and O–H groups in total. The number of nitrogen functional groups attached to an aromatic ring is 1. The molecule has 2 aromatic carbocycles. The largest absolute Gasteiger partial charge is 0.488 e. The number of ether oxygens (including phenoxy) is 1. The predicted octanol–water partition coefficient (Wildman–Crippen LogP) is 3.16. The number of aromatic carboxylic acids is 1. The van der Waals surface area contributed by atoms with Crippen LogP contribution < -0.4 is 10.5 Å². The number of rotatable bonds is 4. The molecule has 104 valence electrons. The van der Waals surface area contributed by atoms with Gasteiger partial charge in [0.05, 0.1) is 0 Å². The molecule has 0 aliphatic carbocycles. The normalized spacial score (nSPS) is 10.3. The zero-order valence-corrected chi connectivity index (χ0v) is 11.5. The van der Waals surface area contributed by atoms with E-state index in [0.717, 1.165) is 16.7 Å². The van der Waals surface area contributed by atoms with E-state index in [0.29, 0.717) is 18.0 Å². The Bertz CT molecular complexity index is 630. The van der Waals surface area contributed by atoms with Crippen LogP contribution in [0.2, 0.25) is 0 Å². The summed E-state index contributed by atoms with van der Waals surface area (Å²) in [6.45, 7) is 4.36. The number of hydrogen-bond donors (Lipinski definition) is 2. The molecule has 0 amide bonds. The first kappa shape index (κ1) is 13.9. The van der Waals surface area contributed by atoms with Crippen LogP contribution in [0.3, 0.4) is 0 Å². The van der Waals surface area contributed by atoms with Crippen LogP contribution in [0.25, 0.3) is 0 Å². The van der Waals surface area contributed by atoms with E-state index in [9.17, 15) is 4.79 Å². The van der Waals surface area contributed by atoms with Gasteiger partial charge in [-0.15, -0.1) is 0 Å². The van der Waals surface area contributed by atoms with Crippen molar-refractivity contribution in [1.82, 2.24) is 0 Å². The molecule has 0 fully saturated rings. The van der Waals surface area contributed by atoms with E-state index in [2.05, 4.69) is 6.07 Å². The molecule has 0 bridgehead atoms. The molecule has 0 radical (unpaired) electrons. The number of carboxylic acid groups (broad SMARTS) is 1. The third-order valence-electron chi connectivity index (χ3n) is 2.91. The predicted molar refractivity (Wildman–Crippen MR) is 78.1 cm³/mol. The Morgan fingerprint density at radius 1 is 1.15 bits per heavy atom. The van der Waals surface area contributed by atoms with Crippen LogP contribution >= 0.6 is 0 Å². The van der Waals surface area contributed by atoms with Crippen molar-refractivity contribution in [3.05, 3.63) is 58.7 Å². The average molecular weight is 271 g/mol. The smallest absolute Gasteiger partial charge is 0.339 e. The van der Waals surface area contributed by atoms with Crippen LogP contribution in [-0.4, -0.2) is 11.1 Å². The second-order valence-corrected chi connectivity index (χ2v) is 4.85. The minimum atomic E-state index is -1.05. The topological polar surface area (TPSA) is 72.5 Å². The van der Waals surface area contributed by atoms with Gasteiger partial charge in [0, 0.05) is 5.69 Å². The fraction of sp³-hybridized carbons (Fsp3) is 0.188. The van der Waals surface area contributed by atoms with Gasteiger partial charge in [0.15, 0.2) is 0 Å². The Hall–Kier alpha value is -2.49. The Morgan fingerprint density at radius 2 is 1.80 bits per heavy atom. The average Bonchev–Trinajstić information content (AvgIpc) is 2.36. The van der Waals surface area contributed by atoms with Crippen molar-refractivity contribution in [2.24, 2.45) is 0 Å². The summed E-state index contributed by atoms with van der Waals surface area (Å²) in [6, 6.07) is 10.7. The van der Waals surface area contributed by atoms with Crippen molar-refractivity contribution < 1.29 is 14.6 Å². The van der Waals surface area contributed by atoms with Gasteiger partial charge in [-0.25, -0.2) is 4.79 Å². The number of benzene rings is 2. The highest BCUT2D eigenvalue weighted by Crippen LogP contribution is 2.23. The van der Waals surface area contributed by atoms with Crippen LogP contribution in [0.1, 0.15) is 27.0 Å². The van der Waals surface area contributed by atoms with Gasteiger partial charge in [-0.05, 0) is 37.6 Å². The number of carboxylic acids is 1. The molecule has 2 aromatic rings. The van der Waals surface area contributed by atoms with Crippen LogP contribution in [0.4, 0.5) is 5.69 Å². The van der Waals surface area contributed by atoms with Gasteiger partial charge in [0.2, 0.25) is 0 Å². The molecule has 0 heterocycles. The first-order valence-electron chi connectivity index (χ1n) is 6.28. The molecular weight excluding hydrogens is 254 g/mol. The SMILES string of the molecule is Cc1cc(C)cc(COc2ccc(N)cc2C(=O)O)c1. The monoisotopic (exact) mass is 271 g/mol. The summed E-state index contributed by atoms with van der Waals surface area (Å²) < 4.78 is 5.61. The molecule has 0 spiro atoms. The molecule has 20 heavy (non-hydrogen) atoms. The minimum absolute atomic E-state index is 0.0781. The highest BCUT2D eigenvalue weighted by molar-refractivity contribution is 5.92. The lowest BCUT2D eigenvalue weighted by Gasteiger charge is -2.11. The van der Waals surface area contributed by atoms with Crippen LogP contribution in [-0.2, 0) is 6.61 Å². The summed E-state index contributed by atoms with van der Waals surface area (Å²) in [5.41, 5.74) is 9.39. The second-order valence-electron chi connectivity index (χ2n) is 4.85. The number of aryl methyl sites for hydroxylation is 2. The Balaban J connectivity index is 2.20. The number of hydrogen-bond acceptors (Lipinski definition) is 3. The third kappa shape index (κ3) is 3.29. The molecular formula is C16H17NO3. The number of anilines is 1. The summed E-state index contributed by atoms with van der Waals surface area (Å²) in [4.78, 5) is 11.2. The number of carbonyl (C=O) groups is 1. The molecule has 0 unspecified atom stereocenters. The first-order valence-corrected chi connectivity index (χ1v) is 6.28. The van der Waals surface area contributed by atoms with Crippen LogP contribution in [0.15, 0.2) is 36.4 Å². The Kier molecular flexibility index (Phi) is 3.94. The van der Waals surface area contributed by atoms with Crippen molar-refractivity contribution in [3.8, 4) is 5.75 Å². The molecule has 4 heteroatoms. The van der Waals surface area contributed by atoms with Crippen molar-refractivity contribution in [2.45, 2.75) is 20.5 Å². The van der Waals surface area contributed by atoms with Crippen LogP contribution in [0.5, 0.6) is 5.75 Å². The van der Waals surface area contributed by atoms with E-state index >= 15 is 0 Å². The maximum Gasteiger partial charge on any atom is 0.339 e. The number of nitrogens with two attached hydrogens (primary N) is 1. The summed E-state index contributed by atoms with van der Waals surface area (Å²) >= 11 is 0. The van der Waals surface area contributed by atoms with Gasteiger partial charge in [-0.2, -0.15) is 0 Å². The maximum atomic E-state index is 11.2. The zero-order valence-electron chi connectivity index (χ0n) is 11.5. The van der Waals surface area contributed by atoms with Crippen molar-refractivity contribution in [1.29, 1.82) is 0 Å². The van der Waals surface area contributed by atoms with Gasteiger partial charge >= 0.3 is 5.97 Å². The summed E-state index contributed by atoms with van der Waals surface area (Å²) in [6.07, 6.45) is 0. The van der Waals surface area contributed by atoms with Gasteiger partial charge in [-0.3, -0.25) is 0 Å². The van der Waals surface area contributed by atoms with E-state index < -0.39 is 5.97 Å². The van der Waals surface area contributed by atoms with Crippen molar-refractivity contribution >= 4 is 11.7 Å². The quantitative estimate of drug-likeness (QED) is 0.838. The fourth-order valence-electron chi connectivity index (χ4n) is 2.15. The van der Waals surface area contributed by atoms with E-state index in [1.54, 1.807) is 12.1 Å². The van der Waals surface area contributed by atoms with Gasteiger partial charge in [0.1, 0.15) is 17.9 Å². The third-order valence-corrected chi connectivity index (χ3v) is 2.91. The lowest BCUT2D eigenvalue weighted by atomic mass is 10.1.